The molecule has 1 saturated heterocycles. The van der Waals surface area contributed by atoms with E-state index >= 15 is 0 Å². The molecule has 35 heavy (non-hydrogen) atoms. The second-order valence-corrected chi connectivity index (χ2v) is 11.1. The molecule has 184 valence electrons. The Labute approximate surface area is 201 Å². The second kappa shape index (κ2) is 9.26. The van der Waals surface area contributed by atoms with Gasteiger partial charge in [0.15, 0.2) is 0 Å². The lowest BCUT2D eigenvalue weighted by atomic mass is 10.2. The molecule has 11 nitrogen and oxygen atoms in total. The van der Waals surface area contributed by atoms with Crippen LogP contribution >= 0.6 is 0 Å². The Kier molecular flexibility index (Phi) is 6.51. The quantitative estimate of drug-likeness (QED) is 0.438. The molecule has 1 aliphatic heterocycles. The Bertz CT molecular complexity index is 1450. The monoisotopic (exact) mass is 519 g/mol. The van der Waals surface area contributed by atoms with Gasteiger partial charge in [-0.3, -0.25) is 9.59 Å². The zero-order chi connectivity index (χ0) is 25.4. The number of furan rings is 1. The Balaban J connectivity index is 1.71. The van der Waals surface area contributed by atoms with E-state index in [1.54, 1.807) is 12.1 Å². The topological polar surface area (TPSA) is 157 Å². The van der Waals surface area contributed by atoms with Crippen LogP contribution in [0.5, 0.6) is 5.75 Å². The average Bonchev–Trinajstić information content (AvgIpc) is 3.44. The number of carbonyl (C=O) groups is 2. The normalized spacial score (nSPS) is 16.8. The fourth-order valence-corrected chi connectivity index (χ4v) is 5.76. The van der Waals surface area contributed by atoms with Gasteiger partial charge in [-0.2, -0.15) is 4.31 Å². The van der Waals surface area contributed by atoms with Crippen LogP contribution in [0.15, 0.2) is 81.1 Å². The summed E-state index contributed by atoms with van der Waals surface area (Å²) < 4.78 is 61.5. The summed E-state index contributed by atoms with van der Waals surface area (Å²) in [4.78, 5) is 26.7. The lowest BCUT2D eigenvalue weighted by Crippen LogP contribution is -2.45. The number of methoxy groups -OCH3 is 1. The highest BCUT2D eigenvalue weighted by Crippen LogP contribution is 2.31. The van der Waals surface area contributed by atoms with E-state index in [4.69, 9.17) is 14.3 Å². The van der Waals surface area contributed by atoms with Gasteiger partial charge in [0.25, 0.3) is 5.91 Å². The van der Waals surface area contributed by atoms with Crippen molar-refractivity contribution in [3.63, 3.8) is 0 Å². The first-order valence-electron chi connectivity index (χ1n) is 10.2. The highest BCUT2D eigenvalue weighted by molar-refractivity contribution is 7.89. The van der Waals surface area contributed by atoms with Gasteiger partial charge in [0.2, 0.25) is 26.0 Å². The third-order valence-corrected chi connectivity index (χ3v) is 8.25. The van der Waals surface area contributed by atoms with Gasteiger partial charge in [0.05, 0.1) is 41.8 Å². The maximum absolute atomic E-state index is 13.6. The highest BCUT2D eigenvalue weighted by atomic mass is 32.2. The molecule has 2 aromatic carbocycles. The Morgan fingerprint density at radius 2 is 1.63 bits per heavy atom. The maximum atomic E-state index is 13.6. The summed E-state index contributed by atoms with van der Waals surface area (Å²) in [5.74, 6) is -0.694. The van der Waals surface area contributed by atoms with Crippen LogP contribution in [0, 0.1) is 0 Å². The molecule has 0 saturated carbocycles. The number of nitrogens with zero attached hydrogens (tertiary/aromatic N) is 2. The minimum absolute atomic E-state index is 0.0923. The molecule has 1 fully saturated rings. The van der Waals surface area contributed by atoms with Crippen LogP contribution in [0.1, 0.15) is 12.2 Å². The number of carbonyl (C=O) groups excluding carboxylic acids is 2. The number of hydrogen-bond acceptors (Lipinski definition) is 8. The number of ether oxygens (including phenoxy) is 1. The molecule has 2 amide bonds. The highest BCUT2D eigenvalue weighted by Gasteiger charge is 2.47. The lowest BCUT2D eigenvalue weighted by molar-refractivity contribution is -0.122. The van der Waals surface area contributed by atoms with Gasteiger partial charge in [0, 0.05) is 0 Å². The standard InChI is InChI=1S/C22H21N3O8S2/c1-32-16-6-10-19(11-7-16)35(30,31)24(14-17-3-2-12-33-17)20-13-21(26)25(22(20)27)15-4-8-18(9-5-15)34(23,28)29/h2-12,20H,13-14H2,1H3,(H2,23,28,29). The first-order chi connectivity index (χ1) is 16.5. The molecular formula is C22H21N3O8S2. The van der Waals surface area contributed by atoms with E-state index in [0.717, 1.165) is 21.3 Å². The van der Waals surface area contributed by atoms with E-state index in [9.17, 15) is 26.4 Å². The van der Waals surface area contributed by atoms with Crippen molar-refractivity contribution in [2.24, 2.45) is 5.14 Å². The molecule has 0 aliphatic carbocycles. The summed E-state index contributed by atoms with van der Waals surface area (Å²) in [6.45, 7) is -0.288. The van der Waals surface area contributed by atoms with E-state index in [-0.39, 0.29) is 27.8 Å². The summed E-state index contributed by atoms with van der Waals surface area (Å²) in [5.41, 5.74) is 0.0923. The van der Waals surface area contributed by atoms with E-state index in [2.05, 4.69) is 0 Å². The molecule has 0 radical (unpaired) electrons. The Hall–Kier alpha value is -3.52. The Morgan fingerprint density at radius 1 is 1.00 bits per heavy atom. The molecule has 0 bridgehead atoms. The van der Waals surface area contributed by atoms with Crippen molar-refractivity contribution in [2.45, 2.75) is 28.8 Å². The van der Waals surface area contributed by atoms with Crippen LogP contribution in [-0.4, -0.2) is 46.1 Å². The zero-order valence-corrected chi connectivity index (χ0v) is 20.0. The van der Waals surface area contributed by atoms with Crippen LogP contribution in [0.2, 0.25) is 0 Å². The summed E-state index contributed by atoms with van der Waals surface area (Å²) in [5, 5.41) is 5.10. The van der Waals surface area contributed by atoms with Gasteiger partial charge in [0.1, 0.15) is 17.6 Å². The second-order valence-electron chi connectivity index (χ2n) is 7.63. The molecule has 1 unspecified atom stereocenters. The third-order valence-electron chi connectivity index (χ3n) is 5.45. The molecule has 13 heteroatoms. The van der Waals surface area contributed by atoms with Crippen molar-refractivity contribution >= 4 is 37.5 Å². The van der Waals surface area contributed by atoms with E-state index < -0.39 is 44.3 Å². The molecule has 4 rings (SSSR count). The van der Waals surface area contributed by atoms with Crippen molar-refractivity contribution < 1.29 is 35.6 Å². The average molecular weight is 520 g/mol. The number of benzene rings is 2. The minimum Gasteiger partial charge on any atom is -0.497 e. The van der Waals surface area contributed by atoms with Gasteiger partial charge in [-0.05, 0) is 60.7 Å². The number of primary sulfonamides is 1. The smallest absolute Gasteiger partial charge is 0.252 e. The van der Waals surface area contributed by atoms with Crippen molar-refractivity contribution in [1.29, 1.82) is 0 Å². The number of hydrogen-bond donors (Lipinski definition) is 1. The first-order valence-corrected chi connectivity index (χ1v) is 13.2. The van der Waals surface area contributed by atoms with Crippen LogP contribution < -0.4 is 14.8 Å². The minimum atomic E-state index is -4.25. The molecule has 2 N–H and O–H groups in total. The first kappa shape index (κ1) is 24.6. The fraction of sp³-hybridized carbons (Fsp3) is 0.182. The molecule has 1 aliphatic rings. The number of sulfonamides is 2. The predicted octanol–water partition coefficient (Wildman–Crippen LogP) is 1.46. The lowest BCUT2D eigenvalue weighted by Gasteiger charge is -2.26. The van der Waals surface area contributed by atoms with Gasteiger partial charge in [-0.25, -0.2) is 26.9 Å². The Morgan fingerprint density at radius 3 is 2.17 bits per heavy atom. The van der Waals surface area contributed by atoms with Crippen molar-refractivity contribution in [3.05, 3.63) is 72.7 Å². The van der Waals surface area contributed by atoms with E-state index in [1.165, 1.54) is 49.8 Å². The van der Waals surface area contributed by atoms with E-state index in [0.29, 0.717) is 5.75 Å². The molecule has 1 aromatic heterocycles. The van der Waals surface area contributed by atoms with Crippen molar-refractivity contribution in [1.82, 2.24) is 4.31 Å². The van der Waals surface area contributed by atoms with Crippen molar-refractivity contribution in [3.8, 4) is 5.75 Å². The molecule has 1 atom stereocenters. The van der Waals surface area contributed by atoms with Crippen LogP contribution in [0.3, 0.4) is 0 Å². The van der Waals surface area contributed by atoms with Crippen molar-refractivity contribution in [2.75, 3.05) is 12.0 Å². The maximum Gasteiger partial charge on any atom is 0.252 e. The largest absolute Gasteiger partial charge is 0.497 e. The molecule has 0 spiro atoms. The molecular weight excluding hydrogens is 498 g/mol. The summed E-state index contributed by atoms with van der Waals surface area (Å²) >= 11 is 0. The zero-order valence-electron chi connectivity index (χ0n) is 18.4. The summed E-state index contributed by atoms with van der Waals surface area (Å²) in [6, 6.07) is 12.2. The van der Waals surface area contributed by atoms with Crippen LogP contribution in [0.25, 0.3) is 0 Å². The molecule has 2 heterocycles. The molecule has 3 aromatic rings. The SMILES string of the molecule is COc1ccc(S(=O)(=O)N(Cc2ccco2)C2CC(=O)N(c3ccc(S(N)(=O)=O)cc3)C2=O)cc1. The number of anilines is 1. The number of rotatable bonds is 8. The number of amides is 2. The van der Waals surface area contributed by atoms with Crippen LogP contribution in [-0.2, 0) is 36.2 Å². The predicted molar refractivity (Wildman–Crippen MR) is 123 cm³/mol. The van der Waals surface area contributed by atoms with Gasteiger partial charge in [-0.1, -0.05) is 0 Å². The van der Waals surface area contributed by atoms with Gasteiger partial charge >= 0.3 is 0 Å². The van der Waals surface area contributed by atoms with Crippen LogP contribution in [0.4, 0.5) is 5.69 Å². The van der Waals surface area contributed by atoms with E-state index in [1.807, 2.05) is 0 Å². The van der Waals surface area contributed by atoms with Gasteiger partial charge in [-0.15, -0.1) is 0 Å². The van der Waals surface area contributed by atoms with Gasteiger partial charge < -0.3 is 9.15 Å². The number of imide groups is 1. The number of nitrogens with two attached hydrogens (primary N) is 1. The fourth-order valence-electron chi connectivity index (χ4n) is 3.70. The third kappa shape index (κ3) is 4.84. The summed E-state index contributed by atoms with van der Waals surface area (Å²) in [7, 11) is -6.78. The summed E-state index contributed by atoms with van der Waals surface area (Å²) in [6.07, 6.45) is 0.959.